The van der Waals surface area contributed by atoms with Crippen LogP contribution in [0.4, 0.5) is 0 Å². The summed E-state index contributed by atoms with van der Waals surface area (Å²) in [5.74, 6) is 0.532. The highest BCUT2D eigenvalue weighted by atomic mass is 16.2. The fourth-order valence-corrected chi connectivity index (χ4v) is 5.29. The smallest absolute Gasteiger partial charge is 0.246 e. The average Bonchev–Trinajstić information content (AvgIpc) is 3.18. The number of piperazine rings is 1. The molecule has 2 amide bonds. The van der Waals surface area contributed by atoms with E-state index in [0.717, 1.165) is 34.1 Å². The Hall–Kier alpha value is -3.08. The Labute approximate surface area is 189 Å². The van der Waals surface area contributed by atoms with Gasteiger partial charge in [-0.15, -0.1) is 0 Å². The van der Waals surface area contributed by atoms with E-state index in [1.807, 2.05) is 24.0 Å². The first-order valence-corrected chi connectivity index (χ1v) is 11.7. The van der Waals surface area contributed by atoms with E-state index in [1.54, 1.807) is 4.90 Å². The predicted octanol–water partition coefficient (Wildman–Crippen LogP) is 4.77. The Morgan fingerprint density at radius 2 is 1.75 bits per heavy atom. The van der Waals surface area contributed by atoms with Gasteiger partial charge in [-0.3, -0.25) is 9.59 Å². The number of carbonyl (C=O) groups is 2. The van der Waals surface area contributed by atoms with Crippen LogP contribution in [0.2, 0.25) is 0 Å². The number of aromatic amines is 1. The molecule has 5 nitrogen and oxygen atoms in total. The second-order valence-electron chi connectivity index (χ2n) is 9.53. The van der Waals surface area contributed by atoms with Gasteiger partial charge in [-0.05, 0) is 42.0 Å². The van der Waals surface area contributed by atoms with Crippen LogP contribution in [0.1, 0.15) is 68.5 Å². The molecule has 32 heavy (non-hydrogen) atoms. The van der Waals surface area contributed by atoms with Crippen LogP contribution in [0.5, 0.6) is 0 Å². The van der Waals surface area contributed by atoms with Crippen molar-refractivity contribution in [1.82, 2.24) is 14.8 Å². The third-order valence-corrected chi connectivity index (χ3v) is 7.33. The zero-order valence-electron chi connectivity index (χ0n) is 19.3. The molecule has 5 rings (SSSR count). The molecule has 0 spiro atoms. The van der Waals surface area contributed by atoms with E-state index < -0.39 is 6.04 Å². The first-order chi connectivity index (χ1) is 15.4. The molecule has 0 radical (unpaired) electrons. The van der Waals surface area contributed by atoms with E-state index in [9.17, 15) is 9.59 Å². The molecule has 1 saturated heterocycles. The number of nitrogens with zero attached hydrogens (tertiary/aromatic N) is 2. The first kappa shape index (κ1) is 20.8. The van der Waals surface area contributed by atoms with Gasteiger partial charge < -0.3 is 14.8 Å². The van der Waals surface area contributed by atoms with E-state index in [4.69, 9.17) is 0 Å². The van der Waals surface area contributed by atoms with E-state index in [-0.39, 0.29) is 30.4 Å². The number of H-pyrrole nitrogens is 1. The normalized spacial score (nSPS) is 21.8. The highest BCUT2D eigenvalue weighted by Crippen LogP contribution is 2.43. The Balaban J connectivity index is 1.67. The van der Waals surface area contributed by atoms with Crippen molar-refractivity contribution in [3.05, 3.63) is 70.9 Å². The van der Waals surface area contributed by atoms with Crippen LogP contribution in [0.15, 0.2) is 48.5 Å². The molecule has 0 saturated carbocycles. The third kappa shape index (κ3) is 3.14. The van der Waals surface area contributed by atoms with Gasteiger partial charge in [0.2, 0.25) is 11.8 Å². The van der Waals surface area contributed by atoms with Crippen molar-refractivity contribution in [1.29, 1.82) is 0 Å². The van der Waals surface area contributed by atoms with Crippen molar-refractivity contribution in [2.45, 2.75) is 64.6 Å². The number of aromatic nitrogens is 1. The largest absolute Gasteiger partial charge is 0.356 e. The van der Waals surface area contributed by atoms with Crippen molar-refractivity contribution < 1.29 is 9.59 Å². The van der Waals surface area contributed by atoms with Crippen LogP contribution in [0.25, 0.3) is 10.9 Å². The molecule has 1 fully saturated rings. The molecule has 1 aromatic heterocycles. The molecule has 2 aromatic carbocycles. The summed E-state index contributed by atoms with van der Waals surface area (Å²) in [4.78, 5) is 34.3. The van der Waals surface area contributed by atoms with Crippen LogP contribution < -0.4 is 0 Å². The zero-order chi connectivity index (χ0) is 22.6. The van der Waals surface area contributed by atoms with Crippen LogP contribution in [0.3, 0.4) is 0 Å². The predicted molar refractivity (Wildman–Crippen MR) is 126 cm³/mol. The maximum atomic E-state index is 13.6. The van der Waals surface area contributed by atoms with Gasteiger partial charge in [-0.2, -0.15) is 0 Å². The summed E-state index contributed by atoms with van der Waals surface area (Å²) >= 11 is 0. The van der Waals surface area contributed by atoms with Gasteiger partial charge >= 0.3 is 0 Å². The highest BCUT2D eigenvalue weighted by molar-refractivity contribution is 5.97. The molecule has 1 N–H and O–H groups in total. The quantitative estimate of drug-likeness (QED) is 0.649. The number of amides is 2. The summed E-state index contributed by atoms with van der Waals surface area (Å²) in [5.41, 5.74) is 5.57. The van der Waals surface area contributed by atoms with Gasteiger partial charge in [0.15, 0.2) is 0 Å². The van der Waals surface area contributed by atoms with Crippen molar-refractivity contribution >= 4 is 22.7 Å². The number of hydrogen-bond acceptors (Lipinski definition) is 2. The number of rotatable bonds is 4. The van der Waals surface area contributed by atoms with Crippen molar-refractivity contribution in [2.75, 3.05) is 6.54 Å². The van der Waals surface area contributed by atoms with Crippen molar-refractivity contribution in [3.63, 3.8) is 0 Å². The molecule has 3 aromatic rings. The fraction of sp³-hybridized carbons (Fsp3) is 0.407. The van der Waals surface area contributed by atoms with Gasteiger partial charge in [0.25, 0.3) is 0 Å². The maximum Gasteiger partial charge on any atom is 0.246 e. The summed E-state index contributed by atoms with van der Waals surface area (Å²) in [6, 6.07) is 16.1. The molecule has 0 bridgehead atoms. The van der Waals surface area contributed by atoms with Gasteiger partial charge in [-0.25, -0.2) is 0 Å². The zero-order valence-corrected chi connectivity index (χ0v) is 19.3. The van der Waals surface area contributed by atoms with E-state index in [0.29, 0.717) is 12.3 Å². The molecule has 0 aliphatic carbocycles. The fourth-order valence-electron chi connectivity index (χ4n) is 5.29. The second kappa shape index (κ2) is 7.80. The molecular formula is C27H31N3O2. The minimum absolute atomic E-state index is 0.0251. The topological polar surface area (TPSA) is 56.4 Å². The number of benzene rings is 2. The molecule has 3 atom stereocenters. The summed E-state index contributed by atoms with van der Waals surface area (Å²) < 4.78 is 0. The van der Waals surface area contributed by atoms with Crippen LogP contribution in [0, 0.1) is 0 Å². The lowest BCUT2D eigenvalue weighted by atomic mass is 9.85. The number of hydrogen-bond donors (Lipinski definition) is 1. The lowest BCUT2D eigenvalue weighted by molar-refractivity contribution is -0.160. The number of fused-ring (bicyclic) bond motifs is 4. The monoisotopic (exact) mass is 429 g/mol. The number of para-hydroxylation sites is 1. The lowest BCUT2D eigenvalue weighted by Crippen LogP contribution is -2.64. The van der Waals surface area contributed by atoms with Gasteiger partial charge in [-0.1, -0.05) is 63.2 Å². The molecule has 3 heterocycles. The minimum Gasteiger partial charge on any atom is -0.356 e. The minimum atomic E-state index is -0.466. The first-order valence-electron chi connectivity index (χ1n) is 11.7. The maximum absolute atomic E-state index is 13.6. The highest BCUT2D eigenvalue weighted by Gasteiger charge is 2.48. The average molecular weight is 430 g/mol. The molecule has 2 aliphatic heterocycles. The van der Waals surface area contributed by atoms with Crippen LogP contribution >= 0.6 is 0 Å². The second-order valence-corrected chi connectivity index (χ2v) is 9.53. The summed E-state index contributed by atoms with van der Waals surface area (Å²) in [6.45, 7) is 8.60. The summed E-state index contributed by atoms with van der Waals surface area (Å²) in [5, 5.41) is 1.15. The molecule has 2 aliphatic rings. The van der Waals surface area contributed by atoms with Gasteiger partial charge in [0.1, 0.15) is 12.6 Å². The van der Waals surface area contributed by atoms with Crippen molar-refractivity contribution in [3.8, 4) is 0 Å². The molecule has 5 heteroatoms. The Morgan fingerprint density at radius 3 is 2.44 bits per heavy atom. The van der Waals surface area contributed by atoms with E-state index in [2.05, 4.69) is 62.2 Å². The van der Waals surface area contributed by atoms with E-state index in [1.165, 1.54) is 5.56 Å². The SMILES string of the molecule is CC[C@H](C)N1CC(=O)N2[C@@H](c3ccc(C(C)C)cc3)c3[nH]c4ccccc4c3C[C@@H]2C1=O. The van der Waals surface area contributed by atoms with E-state index >= 15 is 0 Å². The summed E-state index contributed by atoms with van der Waals surface area (Å²) in [6.07, 6.45) is 1.39. The number of carbonyl (C=O) groups excluding carboxylic acids is 2. The molecular weight excluding hydrogens is 398 g/mol. The molecule has 0 unspecified atom stereocenters. The summed E-state index contributed by atoms with van der Waals surface area (Å²) in [7, 11) is 0. The van der Waals surface area contributed by atoms with Crippen LogP contribution in [-0.4, -0.2) is 45.2 Å². The van der Waals surface area contributed by atoms with Crippen LogP contribution in [-0.2, 0) is 16.0 Å². The Kier molecular flexibility index (Phi) is 5.07. The number of nitrogens with one attached hydrogen (secondary N) is 1. The Bertz CT molecular complexity index is 1180. The van der Waals surface area contributed by atoms with Gasteiger partial charge in [0, 0.05) is 29.1 Å². The van der Waals surface area contributed by atoms with Crippen molar-refractivity contribution in [2.24, 2.45) is 0 Å². The standard InChI is InChI=1S/C27H31N3O2/c1-5-17(4)29-15-24(31)30-23(27(29)32)14-21-20-8-6-7-9-22(20)28-25(21)26(30)19-12-10-18(11-13-19)16(2)3/h6-13,16-17,23,26,28H,5,14-15H2,1-4H3/t17-,23+,26-/m0/s1. The van der Waals surface area contributed by atoms with Gasteiger partial charge in [0.05, 0.1) is 6.04 Å². The third-order valence-electron chi connectivity index (χ3n) is 7.33. The Morgan fingerprint density at radius 1 is 1.03 bits per heavy atom. The lowest BCUT2D eigenvalue weighted by Gasteiger charge is -2.48. The molecule has 166 valence electrons.